The lowest BCUT2D eigenvalue weighted by Crippen LogP contribution is -2.48. The molecule has 43 heavy (non-hydrogen) atoms. The van der Waals surface area contributed by atoms with E-state index in [-0.39, 0.29) is 36.8 Å². The molecule has 2 aromatic rings. The number of amides is 3. The number of carbonyl (C=O) groups excluding carboxylic acids is 3. The summed E-state index contributed by atoms with van der Waals surface area (Å²) >= 11 is 0. The second kappa shape index (κ2) is 11.5. The molecule has 0 aliphatic carbocycles. The lowest BCUT2D eigenvalue weighted by atomic mass is 9.82. The highest BCUT2D eigenvalue weighted by Gasteiger charge is 2.65. The Morgan fingerprint density at radius 1 is 1.09 bits per heavy atom. The van der Waals surface area contributed by atoms with Crippen LogP contribution in [0, 0.1) is 5.92 Å². The fourth-order valence-electron chi connectivity index (χ4n) is 8.02. The number of rotatable bonds is 5. The number of carbonyl (C=O) groups is 3. The second-order valence-electron chi connectivity index (χ2n) is 13.3. The average molecular weight is 606 g/mol. The first kappa shape index (κ1) is 30.0. The molecule has 230 valence electrons. The van der Waals surface area contributed by atoms with E-state index < -0.39 is 31.5 Å². The molecule has 10 heteroatoms. The van der Waals surface area contributed by atoms with Crippen molar-refractivity contribution in [2.75, 3.05) is 23.4 Å². The van der Waals surface area contributed by atoms with Crippen LogP contribution in [0.1, 0.15) is 62.1 Å². The zero-order chi connectivity index (χ0) is 30.5. The third-order valence-electron chi connectivity index (χ3n) is 10.1. The van der Waals surface area contributed by atoms with Crippen molar-refractivity contribution >= 4 is 37.4 Å². The van der Waals surface area contributed by atoms with Gasteiger partial charge in [0.05, 0.1) is 25.2 Å². The number of fused-ring (bicyclic) bond motifs is 3. The minimum atomic E-state index is -2.95. The van der Waals surface area contributed by atoms with Gasteiger partial charge < -0.3 is 29.8 Å². The van der Waals surface area contributed by atoms with Gasteiger partial charge in [-0.25, -0.2) is 0 Å². The van der Waals surface area contributed by atoms with Crippen LogP contribution in [0.2, 0.25) is 18.6 Å². The van der Waals surface area contributed by atoms with Crippen molar-refractivity contribution in [1.82, 2.24) is 4.90 Å². The van der Waals surface area contributed by atoms with Gasteiger partial charge in [-0.05, 0) is 61.7 Å². The second-order valence-corrected chi connectivity index (χ2v) is 17.3. The zero-order valence-corrected chi connectivity index (χ0v) is 26.3. The normalized spacial score (nSPS) is 29.2. The number of anilines is 2. The predicted molar refractivity (Wildman–Crippen MR) is 166 cm³/mol. The first-order chi connectivity index (χ1) is 20.5. The molecule has 0 saturated carbocycles. The van der Waals surface area contributed by atoms with Crippen LogP contribution in [0.5, 0.6) is 0 Å². The molecular formula is C33H43N3O6Si. The van der Waals surface area contributed by atoms with Crippen molar-refractivity contribution in [1.29, 1.82) is 0 Å². The van der Waals surface area contributed by atoms with Gasteiger partial charge in [0.1, 0.15) is 0 Å². The summed E-state index contributed by atoms with van der Waals surface area (Å²) in [5.74, 6) is -0.792. The fraction of sp³-hybridized carbons (Fsp3) is 0.545. The molecule has 0 bridgehead atoms. The summed E-state index contributed by atoms with van der Waals surface area (Å²) in [7, 11) is -2.95. The third kappa shape index (κ3) is 5.22. The lowest BCUT2D eigenvalue weighted by Gasteiger charge is -2.37. The summed E-state index contributed by atoms with van der Waals surface area (Å²) in [6.45, 7) is 6.49. The Morgan fingerprint density at radius 3 is 2.58 bits per heavy atom. The Hall–Kier alpha value is -3.05. The van der Waals surface area contributed by atoms with E-state index in [9.17, 15) is 24.3 Å². The van der Waals surface area contributed by atoms with Crippen molar-refractivity contribution in [2.45, 2.75) is 94.8 Å². The molecule has 3 amide bonds. The van der Waals surface area contributed by atoms with Crippen LogP contribution < -0.4 is 10.2 Å². The minimum Gasteiger partial charge on any atom is -0.432 e. The van der Waals surface area contributed by atoms with E-state index in [1.54, 1.807) is 4.90 Å². The Bertz CT molecular complexity index is 1430. The maximum Gasteiger partial charge on any atom is 0.261 e. The van der Waals surface area contributed by atoms with Gasteiger partial charge in [-0.1, -0.05) is 44.0 Å². The average Bonchev–Trinajstić information content (AvgIpc) is 3.42. The molecule has 0 radical (unpaired) electrons. The molecule has 9 nitrogen and oxygen atoms in total. The maximum atomic E-state index is 13.9. The quantitative estimate of drug-likeness (QED) is 0.442. The van der Waals surface area contributed by atoms with Crippen LogP contribution in [0.3, 0.4) is 0 Å². The van der Waals surface area contributed by atoms with E-state index in [2.05, 4.69) is 5.32 Å². The smallest absolute Gasteiger partial charge is 0.261 e. The predicted octanol–water partition coefficient (Wildman–Crippen LogP) is 4.07. The monoisotopic (exact) mass is 605 g/mol. The highest BCUT2D eigenvalue weighted by molar-refractivity contribution is 6.71. The van der Waals surface area contributed by atoms with Crippen molar-refractivity contribution in [2.24, 2.45) is 5.92 Å². The van der Waals surface area contributed by atoms with Crippen molar-refractivity contribution in [3.63, 3.8) is 0 Å². The van der Waals surface area contributed by atoms with Gasteiger partial charge in [0.25, 0.3) is 5.91 Å². The van der Waals surface area contributed by atoms with Gasteiger partial charge in [0.15, 0.2) is 13.9 Å². The number of nitrogens with zero attached hydrogens (tertiary/aromatic N) is 2. The van der Waals surface area contributed by atoms with E-state index in [1.165, 1.54) is 0 Å². The largest absolute Gasteiger partial charge is 0.432 e. The van der Waals surface area contributed by atoms with E-state index >= 15 is 0 Å². The summed E-state index contributed by atoms with van der Waals surface area (Å²) in [5.41, 5.74) is 2.44. The standard InChI is InChI=1S/C33H43N3O6Si/c1-21-31(43(2,3)41)28(18-30(39)36-19-23-11-8-7-10-22(23)16-25(36)20-37)42-33(21)26-17-24(13-14-27(26)34-32(33)40)35-15-9-5-4-6-12-29(35)38/h7-8,10-11,13-14,17,21,25,28,31,37,41H,4-6,9,12,15-16,18-20H2,1-3H3,(H,34,40)/t21-,25-,28+,31-,33+/m0/s1. The number of nitrogens with one attached hydrogen (secondary N) is 1. The summed E-state index contributed by atoms with van der Waals surface area (Å²) in [4.78, 5) is 55.9. The van der Waals surface area contributed by atoms with Crippen molar-refractivity contribution in [3.05, 3.63) is 59.2 Å². The van der Waals surface area contributed by atoms with Gasteiger partial charge in [0, 0.05) is 47.9 Å². The number of ether oxygens (including phenoxy) is 1. The van der Waals surface area contributed by atoms with E-state index in [4.69, 9.17) is 4.74 Å². The molecule has 0 aromatic heterocycles. The summed E-state index contributed by atoms with van der Waals surface area (Å²) in [5, 5.41) is 13.2. The Balaban J connectivity index is 1.33. The summed E-state index contributed by atoms with van der Waals surface area (Å²) < 4.78 is 6.76. The maximum absolute atomic E-state index is 13.9. The molecule has 2 saturated heterocycles. The SMILES string of the molecule is C[C@H]1[C@H]([Si](C)(C)O)[C@@H](CC(=O)N2Cc3ccccc3C[C@H]2CO)O[C@]12C(=O)Nc1ccc(N3CCCCCCC3=O)cc12. The van der Waals surface area contributed by atoms with Gasteiger partial charge >= 0.3 is 0 Å². The zero-order valence-electron chi connectivity index (χ0n) is 25.3. The number of aliphatic hydroxyl groups is 1. The molecule has 6 rings (SSSR count). The minimum absolute atomic E-state index is 0.000666. The highest BCUT2D eigenvalue weighted by atomic mass is 28.4. The van der Waals surface area contributed by atoms with Crippen LogP contribution in [0.4, 0.5) is 11.4 Å². The van der Waals surface area contributed by atoms with Crippen LogP contribution in [-0.4, -0.2) is 66.1 Å². The highest BCUT2D eigenvalue weighted by Crippen LogP contribution is 2.58. The molecule has 3 N–H and O–H groups in total. The molecule has 0 unspecified atom stereocenters. The van der Waals surface area contributed by atoms with Crippen LogP contribution in [-0.2, 0) is 37.7 Å². The van der Waals surface area contributed by atoms with Gasteiger partial charge in [-0.2, -0.15) is 0 Å². The fourth-order valence-corrected chi connectivity index (χ4v) is 10.6. The van der Waals surface area contributed by atoms with Crippen LogP contribution in [0.15, 0.2) is 42.5 Å². The molecule has 2 aromatic carbocycles. The molecule has 1 spiro atoms. The molecular weight excluding hydrogens is 562 g/mol. The number of benzene rings is 2. The van der Waals surface area contributed by atoms with E-state index in [0.717, 1.165) is 42.5 Å². The van der Waals surface area contributed by atoms with Crippen LogP contribution in [0.25, 0.3) is 0 Å². The topological polar surface area (TPSA) is 119 Å². The molecule has 4 aliphatic rings. The molecule has 4 aliphatic heterocycles. The third-order valence-corrected chi connectivity index (χ3v) is 12.6. The Kier molecular flexibility index (Phi) is 8.00. The number of aliphatic hydroxyl groups excluding tert-OH is 1. The van der Waals surface area contributed by atoms with Crippen molar-refractivity contribution in [3.8, 4) is 0 Å². The van der Waals surface area contributed by atoms with Crippen LogP contribution >= 0.6 is 0 Å². The lowest BCUT2D eigenvalue weighted by molar-refractivity contribution is -0.149. The Labute approximate surface area is 254 Å². The van der Waals surface area contributed by atoms with Crippen molar-refractivity contribution < 1.29 is 29.0 Å². The molecule has 5 atom stereocenters. The van der Waals surface area contributed by atoms with E-state index in [0.29, 0.717) is 37.2 Å². The summed E-state index contributed by atoms with van der Waals surface area (Å²) in [6, 6.07) is 13.2. The van der Waals surface area contributed by atoms with E-state index in [1.807, 2.05) is 67.4 Å². The first-order valence-electron chi connectivity index (χ1n) is 15.7. The Morgan fingerprint density at radius 2 is 1.84 bits per heavy atom. The molecule has 4 heterocycles. The van der Waals surface area contributed by atoms with Gasteiger partial charge in [0.2, 0.25) is 11.8 Å². The van der Waals surface area contributed by atoms with Gasteiger partial charge in [-0.3, -0.25) is 14.4 Å². The molecule has 2 fully saturated rings. The first-order valence-corrected chi connectivity index (χ1v) is 18.7. The number of hydrogen-bond acceptors (Lipinski definition) is 6. The number of hydrogen-bond donors (Lipinski definition) is 3. The van der Waals surface area contributed by atoms with Gasteiger partial charge in [-0.15, -0.1) is 0 Å². The summed E-state index contributed by atoms with van der Waals surface area (Å²) in [6.07, 6.45) is 4.31.